The molecule has 7 nitrogen and oxygen atoms in total. The number of para-hydroxylation sites is 3. The Morgan fingerprint density at radius 3 is 1.93 bits per heavy atom. The number of anilines is 4. The second-order valence-corrected chi connectivity index (χ2v) is 11.2. The van der Waals surface area contributed by atoms with E-state index in [1.54, 1.807) is 30.3 Å². The summed E-state index contributed by atoms with van der Waals surface area (Å²) in [5, 5.41) is 15.5. The highest BCUT2D eigenvalue weighted by atomic mass is 16.4. The fourth-order valence-electron chi connectivity index (χ4n) is 5.64. The first kappa shape index (κ1) is 30.1. The zero-order valence-electron chi connectivity index (χ0n) is 25.7. The van der Waals surface area contributed by atoms with E-state index < -0.39 is 11.9 Å². The van der Waals surface area contributed by atoms with Crippen LogP contribution >= 0.6 is 0 Å². The average Bonchev–Trinajstić information content (AvgIpc) is 3.63. The number of allylic oxidation sites excluding steroid dienone is 5. The maximum absolute atomic E-state index is 13.7. The summed E-state index contributed by atoms with van der Waals surface area (Å²) in [6, 6.07) is 37.3. The van der Waals surface area contributed by atoms with E-state index in [4.69, 9.17) is 0 Å². The Balaban J connectivity index is 1.48. The van der Waals surface area contributed by atoms with Gasteiger partial charge in [-0.2, -0.15) is 10.1 Å². The van der Waals surface area contributed by atoms with E-state index in [9.17, 15) is 14.7 Å². The molecule has 0 unspecified atom stereocenters. The first-order valence-electron chi connectivity index (χ1n) is 15.1. The molecule has 0 saturated carbocycles. The van der Waals surface area contributed by atoms with Gasteiger partial charge in [-0.1, -0.05) is 85.0 Å². The van der Waals surface area contributed by atoms with Crippen LogP contribution in [0.2, 0.25) is 0 Å². The Morgan fingerprint density at radius 1 is 0.783 bits per heavy atom. The molecule has 1 N–H and O–H groups in total. The Kier molecular flexibility index (Phi) is 8.74. The van der Waals surface area contributed by atoms with Crippen molar-refractivity contribution in [2.75, 3.05) is 28.9 Å². The minimum Gasteiger partial charge on any atom is -0.476 e. The number of aliphatic carboxylic acids is 1. The smallest absolute Gasteiger partial charge is 0.357 e. The topological polar surface area (TPSA) is 76.5 Å². The summed E-state index contributed by atoms with van der Waals surface area (Å²) in [6.45, 7) is 0. The van der Waals surface area contributed by atoms with Crippen LogP contribution in [-0.2, 0) is 9.59 Å². The Hall–Kier alpha value is -5.95. The van der Waals surface area contributed by atoms with E-state index in [1.807, 2.05) is 86.9 Å². The van der Waals surface area contributed by atoms with Gasteiger partial charge >= 0.3 is 5.97 Å². The molecule has 0 radical (unpaired) electrons. The number of amides is 1. The lowest BCUT2D eigenvalue weighted by atomic mass is 10.0. The van der Waals surface area contributed by atoms with Gasteiger partial charge in [0.25, 0.3) is 5.91 Å². The quantitative estimate of drug-likeness (QED) is 0.196. The van der Waals surface area contributed by atoms with E-state index in [2.05, 4.69) is 51.3 Å². The predicted octanol–water partition coefficient (Wildman–Crippen LogP) is 7.99. The van der Waals surface area contributed by atoms with Crippen LogP contribution in [0.3, 0.4) is 0 Å². The highest BCUT2D eigenvalue weighted by Crippen LogP contribution is 2.42. The van der Waals surface area contributed by atoms with Crippen molar-refractivity contribution < 1.29 is 14.7 Å². The Labute approximate surface area is 269 Å². The highest BCUT2D eigenvalue weighted by Gasteiger charge is 2.36. The normalized spacial score (nSPS) is 16.5. The Bertz CT molecular complexity index is 1850. The number of rotatable bonds is 9. The third-order valence-electron chi connectivity index (χ3n) is 7.92. The van der Waals surface area contributed by atoms with Crippen molar-refractivity contribution >= 4 is 46.4 Å². The second kappa shape index (κ2) is 13.4. The number of carbonyl (C=O) groups excluding carboxylic acids is 1. The molecule has 0 fully saturated rings. The van der Waals surface area contributed by atoms with Crippen molar-refractivity contribution in [1.29, 1.82) is 0 Å². The average molecular weight is 607 g/mol. The molecule has 46 heavy (non-hydrogen) atoms. The number of carboxylic acids is 1. The SMILES string of the molecule is CN(C)c1ccc(/C=C/C=C2\CCC(/C=C3\C(=O)N(c4ccccc4)N=C3C(=O)O)=C2N(c2ccccc2)c2ccccc2)cc1. The summed E-state index contributed by atoms with van der Waals surface area (Å²) in [4.78, 5) is 30.3. The van der Waals surface area contributed by atoms with E-state index >= 15 is 0 Å². The lowest BCUT2D eigenvalue weighted by molar-refractivity contribution is -0.129. The van der Waals surface area contributed by atoms with Crippen LogP contribution in [0.5, 0.6) is 0 Å². The number of nitrogens with zero attached hydrogens (tertiary/aromatic N) is 4. The fourth-order valence-corrected chi connectivity index (χ4v) is 5.64. The summed E-state index contributed by atoms with van der Waals surface area (Å²) in [5.74, 6) is -1.72. The first-order valence-corrected chi connectivity index (χ1v) is 15.1. The zero-order chi connectivity index (χ0) is 32.0. The number of hydrazone groups is 1. The number of hydrogen-bond donors (Lipinski definition) is 1. The van der Waals surface area contributed by atoms with Gasteiger partial charge in [-0.15, -0.1) is 0 Å². The fraction of sp³-hybridized carbons (Fsp3) is 0.103. The molecular weight excluding hydrogens is 572 g/mol. The molecule has 0 aromatic heterocycles. The number of carbonyl (C=O) groups is 2. The predicted molar refractivity (Wildman–Crippen MR) is 186 cm³/mol. The maximum Gasteiger partial charge on any atom is 0.357 e. The third-order valence-corrected chi connectivity index (χ3v) is 7.92. The lowest BCUT2D eigenvalue weighted by Crippen LogP contribution is -2.22. The molecule has 0 atom stereocenters. The molecule has 6 rings (SSSR count). The second-order valence-electron chi connectivity index (χ2n) is 11.2. The maximum atomic E-state index is 13.7. The summed E-state index contributed by atoms with van der Waals surface area (Å²) >= 11 is 0. The summed E-state index contributed by atoms with van der Waals surface area (Å²) in [7, 11) is 4.04. The van der Waals surface area contributed by atoms with Gasteiger partial charge in [-0.3, -0.25) is 4.79 Å². The van der Waals surface area contributed by atoms with E-state index in [-0.39, 0.29) is 11.3 Å². The van der Waals surface area contributed by atoms with Crippen LogP contribution in [0.15, 0.2) is 161 Å². The van der Waals surface area contributed by atoms with Gasteiger partial charge in [-0.05, 0) is 84.2 Å². The van der Waals surface area contributed by atoms with E-state index in [1.165, 1.54) is 0 Å². The van der Waals surface area contributed by atoms with Crippen LogP contribution in [0, 0.1) is 0 Å². The van der Waals surface area contributed by atoms with Crippen molar-refractivity contribution in [3.05, 3.63) is 161 Å². The van der Waals surface area contributed by atoms with Crippen LogP contribution in [0.1, 0.15) is 18.4 Å². The van der Waals surface area contributed by atoms with Gasteiger partial charge in [0, 0.05) is 31.2 Å². The van der Waals surface area contributed by atoms with Crippen LogP contribution in [0.25, 0.3) is 6.08 Å². The van der Waals surface area contributed by atoms with Crippen LogP contribution in [-0.4, -0.2) is 36.8 Å². The van der Waals surface area contributed by atoms with Gasteiger partial charge in [0.15, 0.2) is 5.71 Å². The molecule has 0 bridgehead atoms. The minimum absolute atomic E-state index is 0.0581. The van der Waals surface area contributed by atoms with Crippen molar-refractivity contribution in [2.24, 2.45) is 5.10 Å². The van der Waals surface area contributed by atoms with Gasteiger partial charge in [0.2, 0.25) is 0 Å². The molecule has 4 aromatic carbocycles. The molecular formula is C39H34N4O3. The molecule has 7 heteroatoms. The largest absolute Gasteiger partial charge is 0.476 e. The zero-order valence-corrected chi connectivity index (χ0v) is 25.7. The molecule has 4 aromatic rings. The summed E-state index contributed by atoms with van der Waals surface area (Å²) in [6.07, 6.45) is 9.29. The van der Waals surface area contributed by atoms with Gasteiger partial charge in [-0.25, -0.2) is 4.79 Å². The van der Waals surface area contributed by atoms with Crippen molar-refractivity contribution in [3.63, 3.8) is 0 Å². The lowest BCUT2D eigenvalue weighted by Gasteiger charge is -2.28. The molecule has 0 spiro atoms. The van der Waals surface area contributed by atoms with Crippen molar-refractivity contribution in [3.8, 4) is 0 Å². The molecule has 1 heterocycles. The third kappa shape index (κ3) is 6.30. The van der Waals surface area contributed by atoms with Crippen molar-refractivity contribution in [2.45, 2.75) is 12.8 Å². The minimum atomic E-state index is -1.25. The monoisotopic (exact) mass is 606 g/mol. The molecule has 228 valence electrons. The standard InChI is InChI=1S/C39H34N4O3/c1-41(2)31-25-21-28(22-26-31)13-12-14-29-23-24-30(37(29)42(32-15-6-3-7-16-32)33-17-8-4-9-18-33)27-35-36(39(45)46)40-43(38(35)44)34-19-10-5-11-20-34/h3-22,25-27H,23-24H2,1-2H3,(H,45,46)/b13-12+,29-14+,35-27-. The van der Waals surface area contributed by atoms with E-state index in [0.29, 0.717) is 18.5 Å². The van der Waals surface area contributed by atoms with Gasteiger partial charge < -0.3 is 14.9 Å². The number of hydrogen-bond acceptors (Lipinski definition) is 5. The Morgan fingerprint density at radius 2 is 1.37 bits per heavy atom. The van der Waals surface area contributed by atoms with Crippen LogP contribution in [0.4, 0.5) is 22.7 Å². The number of carboxylic acid groups (broad SMARTS) is 1. The van der Waals surface area contributed by atoms with Gasteiger partial charge in [0.05, 0.1) is 17.0 Å². The molecule has 2 aliphatic rings. The molecule has 1 amide bonds. The summed E-state index contributed by atoms with van der Waals surface area (Å²) < 4.78 is 0. The molecule has 1 aliphatic carbocycles. The van der Waals surface area contributed by atoms with Crippen molar-refractivity contribution in [1.82, 2.24) is 0 Å². The van der Waals surface area contributed by atoms with Crippen LogP contribution < -0.4 is 14.8 Å². The summed E-state index contributed by atoms with van der Waals surface area (Å²) in [5.41, 5.74) is 7.24. The molecule has 0 saturated heterocycles. The highest BCUT2D eigenvalue weighted by molar-refractivity contribution is 6.52. The first-order chi connectivity index (χ1) is 22.4. The van der Waals surface area contributed by atoms with Gasteiger partial charge in [0.1, 0.15) is 0 Å². The van der Waals surface area contributed by atoms with E-state index in [0.717, 1.165) is 44.5 Å². The molecule has 1 aliphatic heterocycles. The number of benzene rings is 4.